The van der Waals surface area contributed by atoms with E-state index in [0.717, 1.165) is 44.8 Å². The van der Waals surface area contributed by atoms with Crippen LogP contribution in [0.25, 0.3) is 11.0 Å². The lowest BCUT2D eigenvalue weighted by Crippen LogP contribution is -2.48. The topological polar surface area (TPSA) is 35.2 Å². The summed E-state index contributed by atoms with van der Waals surface area (Å²) in [4.78, 5) is 12.0. The second-order valence-corrected chi connectivity index (χ2v) is 8.33. The van der Waals surface area contributed by atoms with Crippen LogP contribution in [0.3, 0.4) is 0 Å². The first-order chi connectivity index (χ1) is 13.1. The van der Waals surface area contributed by atoms with Crippen LogP contribution in [-0.4, -0.2) is 58.7 Å². The molecule has 0 radical (unpaired) electrons. The number of alkyl halides is 1. The maximum atomic E-state index is 14.6. The number of nitrogens with one attached hydrogen (secondary N) is 1. The van der Waals surface area contributed by atoms with Crippen LogP contribution in [0.15, 0.2) is 12.1 Å². The number of hydrogen-bond acceptors (Lipinski definition) is 3. The van der Waals surface area contributed by atoms with Crippen molar-refractivity contribution >= 4 is 22.6 Å². The fourth-order valence-electron chi connectivity index (χ4n) is 4.38. The first kappa shape index (κ1) is 19.1. The molecule has 0 bridgehead atoms. The lowest BCUT2D eigenvalue weighted by Gasteiger charge is -2.36. The quantitative estimate of drug-likeness (QED) is 0.814. The largest absolute Gasteiger partial charge is 0.340 e. The highest BCUT2D eigenvalue weighted by molar-refractivity contribution is 6.34. The molecule has 4 rings (SSSR count). The summed E-state index contributed by atoms with van der Waals surface area (Å²) in [5.41, 5.74) is 0.849. The Morgan fingerprint density at radius 1 is 1.11 bits per heavy atom. The molecule has 4 nitrogen and oxygen atoms in total. The highest BCUT2D eigenvalue weighted by atomic mass is 35.5. The van der Waals surface area contributed by atoms with Gasteiger partial charge in [-0.3, -0.25) is 9.80 Å². The number of benzene rings is 1. The summed E-state index contributed by atoms with van der Waals surface area (Å²) in [7, 11) is 0. The Bertz CT molecular complexity index is 728. The van der Waals surface area contributed by atoms with Gasteiger partial charge < -0.3 is 4.98 Å². The van der Waals surface area contributed by atoms with E-state index in [2.05, 4.69) is 19.8 Å². The van der Waals surface area contributed by atoms with Crippen molar-refractivity contribution in [3.05, 3.63) is 28.8 Å². The Labute approximate surface area is 163 Å². The van der Waals surface area contributed by atoms with E-state index in [-0.39, 0.29) is 11.7 Å². The molecule has 0 amide bonds. The number of aromatic nitrogens is 2. The lowest BCUT2D eigenvalue weighted by atomic mass is 9.85. The van der Waals surface area contributed by atoms with Crippen molar-refractivity contribution in [2.24, 2.45) is 5.92 Å². The molecular formula is C20H27ClF2N4. The Hall–Kier alpha value is -1.24. The molecule has 1 N–H and O–H groups in total. The molecule has 1 saturated heterocycles. The van der Waals surface area contributed by atoms with Crippen LogP contribution in [-0.2, 0) is 6.54 Å². The molecule has 1 aliphatic heterocycles. The minimum absolute atomic E-state index is 0.256. The Balaban J connectivity index is 1.29. The van der Waals surface area contributed by atoms with Gasteiger partial charge in [0.25, 0.3) is 0 Å². The summed E-state index contributed by atoms with van der Waals surface area (Å²) >= 11 is 6.12. The third kappa shape index (κ3) is 4.44. The predicted molar refractivity (Wildman–Crippen MR) is 104 cm³/mol. The van der Waals surface area contributed by atoms with Gasteiger partial charge in [-0.15, -0.1) is 0 Å². The molecule has 2 fully saturated rings. The molecule has 148 valence electrons. The number of nitrogens with zero attached hydrogens (tertiary/aromatic N) is 3. The molecule has 2 aromatic rings. The number of imidazole rings is 1. The smallest absolute Gasteiger partial charge is 0.151 e. The monoisotopic (exact) mass is 396 g/mol. The van der Waals surface area contributed by atoms with Gasteiger partial charge in [-0.1, -0.05) is 30.9 Å². The standard InChI is InChI=1S/C20H27ClF2N4/c21-15-6-7-16(22)20-19(15)24-18(25-20)13-27-10-8-26(9-11-27)12-17(23)14-4-2-1-3-5-14/h6-7,14,17H,1-5,8-13H2,(H,24,25). The van der Waals surface area contributed by atoms with Gasteiger partial charge in [-0.05, 0) is 30.9 Å². The molecular weight excluding hydrogens is 370 g/mol. The summed E-state index contributed by atoms with van der Waals surface area (Å²) in [6.07, 6.45) is 5.02. The number of aromatic amines is 1. The van der Waals surface area contributed by atoms with Gasteiger partial charge in [-0.25, -0.2) is 13.8 Å². The average Bonchev–Trinajstić information content (AvgIpc) is 3.12. The van der Waals surface area contributed by atoms with Crippen LogP contribution in [0.4, 0.5) is 8.78 Å². The number of hydrogen-bond donors (Lipinski definition) is 1. The van der Waals surface area contributed by atoms with Gasteiger partial charge in [0.2, 0.25) is 0 Å². The summed E-state index contributed by atoms with van der Waals surface area (Å²) < 4.78 is 28.5. The normalized spacial score (nSPS) is 21.7. The van der Waals surface area contributed by atoms with Crippen molar-refractivity contribution in [3.8, 4) is 0 Å². The van der Waals surface area contributed by atoms with Gasteiger partial charge >= 0.3 is 0 Å². The van der Waals surface area contributed by atoms with Gasteiger partial charge in [0.05, 0.1) is 17.1 Å². The minimum Gasteiger partial charge on any atom is -0.340 e. The third-order valence-corrected chi connectivity index (χ3v) is 6.34. The molecule has 7 heteroatoms. The Kier molecular flexibility index (Phi) is 5.95. The average molecular weight is 397 g/mol. The zero-order valence-electron chi connectivity index (χ0n) is 15.6. The first-order valence-electron chi connectivity index (χ1n) is 10.0. The van der Waals surface area contributed by atoms with Crippen molar-refractivity contribution in [2.75, 3.05) is 32.7 Å². The molecule has 1 atom stereocenters. The zero-order valence-corrected chi connectivity index (χ0v) is 16.3. The van der Waals surface area contributed by atoms with Crippen molar-refractivity contribution in [1.29, 1.82) is 0 Å². The van der Waals surface area contributed by atoms with Crippen molar-refractivity contribution in [2.45, 2.75) is 44.8 Å². The van der Waals surface area contributed by atoms with E-state index in [1.165, 1.54) is 25.3 Å². The summed E-state index contributed by atoms with van der Waals surface area (Å²) in [6, 6.07) is 2.88. The summed E-state index contributed by atoms with van der Waals surface area (Å²) in [6.45, 7) is 4.64. The Morgan fingerprint density at radius 2 is 1.81 bits per heavy atom. The molecule has 27 heavy (non-hydrogen) atoms. The SMILES string of the molecule is Fc1ccc(Cl)c2[nH]c(CN3CCN(CC(F)C4CCCCC4)CC3)nc12. The van der Waals surface area contributed by atoms with E-state index >= 15 is 0 Å². The molecule has 1 aromatic heterocycles. The van der Waals surface area contributed by atoms with Gasteiger partial charge in [-0.2, -0.15) is 0 Å². The van der Waals surface area contributed by atoms with E-state index < -0.39 is 6.17 Å². The van der Waals surface area contributed by atoms with Gasteiger partial charge in [0.15, 0.2) is 5.82 Å². The van der Waals surface area contributed by atoms with Crippen molar-refractivity contribution in [1.82, 2.24) is 19.8 Å². The number of rotatable bonds is 5. The summed E-state index contributed by atoms with van der Waals surface area (Å²) in [5.74, 6) is 0.612. The molecule has 1 aliphatic carbocycles. The summed E-state index contributed by atoms with van der Waals surface area (Å²) in [5, 5.41) is 0.478. The minimum atomic E-state index is -0.697. The molecule has 0 spiro atoms. The van der Waals surface area contributed by atoms with Gasteiger partial charge in [0, 0.05) is 32.7 Å². The second-order valence-electron chi connectivity index (χ2n) is 7.93. The number of halogens is 3. The number of piperazine rings is 1. The fraction of sp³-hybridized carbons (Fsp3) is 0.650. The molecule has 1 unspecified atom stereocenters. The zero-order chi connectivity index (χ0) is 18.8. The van der Waals surface area contributed by atoms with E-state index in [1.807, 2.05) is 0 Å². The maximum Gasteiger partial charge on any atom is 0.151 e. The third-order valence-electron chi connectivity index (χ3n) is 6.03. The maximum absolute atomic E-state index is 14.6. The van der Waals surface area contributed by atoms with E-state index in [1.54, 1.807) is 6.07 Å². The number of fused-ring (bicyclic) bond motifs is 1. The van der Waals surface area contributed by atoms with Gasteiger partial charge in [0.1, 0.15) is 17.5 Å². The van der Waals surface area contributed by atoms with E-state index in [0.29, 0.717) is 29.1 Å². The van der Waals surface area contributed by atoms with Crippen LogP contribution >= 0.6 is 11.6 Å². The molecule has 1 aromatic carbocycles. The van der Waals surface area contributed by atoms with Crippen LogP contribution in [0, 0.1) is 11.7 Å². The fourth-order valence-corrected chi connectivity index (χ4v) is 4.58. The van der Waals surface area contributed by atoms with Crippen LogP contribution in [0.1, 0.15) is 37.9 Å². The van der Waals surface area contributed by atoms with Crippen molar-refractivity contribution in [3.63, 3.8) is 0 Å². The van der Waals surface area contributed by atoms with E-state index in [4.69, 9.17) is 11.6 Å². The lowest BCUT2D eigenvalue weighted by molar-refractivity contribution is 0.0751. The second kappa shape index (κ2) is 8.41. The molecule has 1 saturated carbocycles. The predicted octanol–water partition coefficient (Wildman–Crippen LogP) is 4.39. The van der Waals surface area contributed by atoms with Crippen molar-refractivity contribution < 1.29 is 8.78 Å². The van der Waals surface area contributed by atoms with Crippen LogP contribution in [0.5, 0.6) is 0 Å². The highest BCUT2D eigenvalue weighted by Crippen LogP contribution is 2.29. The van der Waals surface area contributed by atoms with Crippen LogP contribution < -0.4 is 0 Å². The first-order valence-corrected chi connectivity index (χ1v) is 10.4. The highest BCUT2D eigenvalue weighted by Gasteiger charge is 2.27. The Morgan fingerprint density at radius 3 is 2.52 bits per heavy atom. The molecule has 2 heterocycles. The van der Waals surface area contributed by atoms with E-state index in [9.17, 15) is 8.78 Å². The molecule has 2 aliphatic rings. The number of H-pyrrole nitrogens is 1. The van der Waals surface area contributed by atoms with Crippen LogP contribution in [0.2, 0.25) is 5.02 Å².